The Kier molecular flexibility index (Phi) is 9.93. The maximum atomic E-state index is 11.1. The number of aliphatic imine (C=N–C) groups is 1. The van der Waals surface area contributed by atoms with E-state index in [4.69, 9.17) is 4.74 Å². The molecular weight excluding hydrogens is 451 g/mol. The van der Waals surface area contributed by atoms with Gasteiger partial charge >= 0.3 is 0 Å². The zero-order valence-corrected chi connectivity index (χ0v) is 17.4. The number of thiophene rings is 1. The molecule has 2 aromatic rings. The molecule has 0 fully saturated rings. The lowest BCUT2D eigenvalue weighted by molar-refractivity contribution is -0.114. The summed E-state index contributed by atoms with van der Waals surface area (Å²) in [4.78, 5) is 15.2. The van der Waals surface area contributed by atoms with E-state index in [1.54, 1.807) is 24.5 Å². The number of carbonyl (C=O) groups excluding carboxylic acids is 1. The minimum absolute atomic E-state index is 0. The Labute approximate surface area is 169 Å². The average molecular weight is 474 g/mol. The zero-order chi connectivity index (χ0) is 17.2. The van der Waals surface area contributed by atoms with Crippen molar-refractivity contribution >= 4 is 52.9 Å². The summed E-state index contributed by atoms with van der Waals surface area (Å²) in [6, 6.07) is 9.40. The molecule has 0 aliphatic rings. The van der Waals surface area contributed by atoms with Crippen LogP contribution in [0.5, 0.6) is 5.75 Å². The molecule has 0 atom stereocenters. The highest BCUT2D eigenvalue weighted by Gasteiger charge is 2.01. The third-order valence-corrected chi connectivity index (χ3v) is 3.81. The van der Waals surface area contributed by atoms with E-state index >= 15 is 0 Å². The molecule has 0 radical (unpaired) electrons. The van der Waals surface area contributed by atoms with Crippen LogP contribution in [0, 0.1) is 0 Å². The number of anilines is 1. The summed E-state index contributed by atoms with van der Waals surface area (Å²) < 4.78 is 5.68. The van der Waals surface area contributed by atoms with Crippen molar-refractivity contribution in [3.05, 3.63) is 46.7 Å². The molecule has 0 bridgehead atoms. The van der Waals surface area contributed by atoms with Crippen molar-refractivity contribution < 1.29 is 9.53 Å². The number of nitrogens with one attached hydrogen (secondary N) is 3. The van der Waals surface area contributed by atoms with Crippen LogP contribution < -0.4 is 20.7 Å². The van der Waals surface area contributed by atoms with Crippen LogP contribution in [0.3, 0.4) is 0 Å². The first-order valence-electron chi connectivity index (χ1n) is 7.63. The van der Waals surface area contributed by atoms with Crippen molar-refractivity contribution in [2.24, 2.45) is 4.99 Å². The first-order chi connectivity index (χ1) is 11.7. The fraction of sp³-hybridized carbons (Fsp3) is 0.294. The molecule has 1 aromatic carbocycles. The Bertz CT molecular complexity index is 677. The molecule has 25 heavy (non-hydrogen) atoms. The summed E-state index contributed by atoms with van der Waals surface area (Å²) in [5.74, 6) is 1.34. The molecule has 0 aliphatic carbocycles. The lowest BCUT2D eigenvalue weighted by Crippen LogP contribution is -2.38. The number of hydrogen-bond acceptors (Lipinski definition) is 4. The predicted octanol–water partition coefficient (Wildman–Crippen LogP) is 3.07. The first kappa shape index (κ1) is 21.2. The third kappa shape index (κ3) is 8.21. The van der Waals surface area contributed by atoms with Crippen molar-refractivity contribution in [1.29, 1.82) is 0 Å². The minimum atomic E-state index is -0.102. The SMILES string of the molecule is CN=C(NCCOc1cccc(NC(C)=O)c1)NCc1ccsc1.I. The smallest absolute Gasteiger partial charge is 0.221 e. The summed E-state index contributed by atoms with van der Waals surface area (Å²) in [7, 11) is 1.74. The van der Waals surface area contributed by atoms with Crippen LogP contribution >= 0.6 is 35.3 Å². The van der Waals surface area contributed by atoms with Crippen molar-refractivity contribution in [2.45, 2.75) is 13.5 Å². The fourth-order valence-electron chi connectivity index (χ4n) is 2.00. The number of rotatable bonds is 7. The van der Waals surface area contributed by atoms with Crippen LogP contribution in [-0.2, 0) is 11.3 Å². The summed E-state index contributed by atoms with van der Waals surface area (Å²) >= 11 is 1.68. The van der Waals surface area contributed by atoms with Crippen LogP contribution in [0.2, 0.25) is 0 Å². The number of carbonyl (C=O) groups is 1. The molecule has 8 heteroatoms. The summed E-state index contributed by atoms with van der Waals surface area (Å²) in [5.41, 5.74) is 1.95. The van der Waals surface area contributed by atoms with Gasteiger partial charge in [-0.25, -0.2) is 0 Å². The Morgan fingerprint density at radius 3 is 2.80 bits per heavy atom. The average Bonchev–Trinajstić information content (AvgIpc) is 3.07. The van der Waals surface area contributed by atoms with E-state index in [-0.39, 0.29) is 29.9 Å². The van der Waals surface area contributed by atoms with Crippen LogP contribution in [0.25, 0.3) is 0 Å². The van der Waals surface area contributed by atoms with Gasteiger partial charge in [0.25, 0.3) is 0 Å². The monoisotopic (exact) mass is 474 g/mol. The Hall–Kier alpha value is -1.81. The van der Waals surface area contributed by atoms with Crippen LogP contribution in [0.4, 0.5) is 5.69 Å². The third-order valence-electron chi connectivity index (χ3n) is 3.08. The Morgan fingerprint density at radius 1 is 1.28 bits per heavy atom. The second kappa shape index (κ2) is 11.7. The lowest BCUT2D eigenvalue weighted by atomic mass is 10.3. The summed E-state index contributed by atoms with van der Waals surface area (Å²) in [6.45, 7) is 3.32. The molecule has 136 valence electrons. The highest BCUT2D eigenvalue weighted by atomic mass is 127. The molecule has 1 aromatic heterocycles. The van der Waals surface area contributed by atoms with E-state index in [0.29, 0.717) is 18.9 Å². The summed E-state index contributed by atoms with van der Waals surface area (Å²) in [6.07, 6.45) is 0. The quantitative estimate of drug-likeness (QED) is 0.250. The van der Waals surface area contributed by atoms with Crippen molar-refractivity contribution in [3.63, 3.8) is 0 Å². The van der Waals surface area contributed by atoms with Crippen LogP contribution in [-0.4, -0.2) is 32.1 Å². The molecule has 1 amide bonds. The molecule has 0 spiro atoms. The van der Waals surface area contributed by atoms with Gasteiger partial charge in [0.15, 0.2) is 5.96 Å². The topological polar surface area (TPSA) is 74.8 Å². The van der Waals surface area contributed by atoms with Crippen molar-refractivity contribution in [3.8, 4) is 5.75 Å². The van der Waals surface area contributed by atoms with E-state index in [1.165, 1.54) is 12.5 Å². The van der Waals surface area contributed by atoms with Gasteiger partial charge in [0.2, 0.25) is 5.91 Å². The van der Waals surface area contributed by atoms with Gasteiger partial charge in [-0.3, -0.25) is 9.79 Å². The zero-order valence-electron chi connectivity index (χ0n) is 14.2. The number of amides is 1. The number of ether oxygens (including phenoxy) is 1. The molecule has 0 saturated heterocycles. The maximum absolute atomic E-state index is 11.1. The maximum Gasteiger partial charge on any atom is 0.221 e. The van der Waals surface area contributed by atoms with Gasteiger partial charge in [0, 0.05) is 32.3 Å². The number of halogens is 1. The van der Waals surface area contributed by atoms with Crippen molar-refractivity contribution in [1.82, 2.24) is 10.6 Å². The number of nitrogens with zero attached hydrogens (tertiary/aromatic N) is 1. The highest BCUT2D eigenvalue weighted by molar-refractivity contribution is 14.0. The number of guanidine groups is 1. The standard InChI is InChI=1S/C17H22N4O2S.HI/c1-13(22)21-15-4-3-5-16(10-15)23-8-7-19-17(18-2)20-11-14-6-9-24-12-14;/h3-6,9-10,12H,7-8,11H2,1-2H3,(H,21,22)(H2,18,19,20);1H. The van der Waals surface area contributed by atoms with Gasteiger partial charge in [-0.05, 0) is 34.5 Å². The second-order valence-corrected chi connectivity index (χ2v) is 5.82. The van der Waals surface area contributed by atoms with Gasteiger partial charge in [-0.1, -0.05) is 6.07 Å². The molecule has 3 N–H and O–H groups in total. The van der Waals surface area contributed by atoms with E-state index in [1.807, 2.05) is 18.2 Å². The first-order valence-corrected chi connectivity index (χ1v) is 8.57. The molecule has 1 heterocycles. The predicted molar refractivity (Wildman–Crippen MR) is 114 cm³/mol. The van der Waals surface area contributed by atoms with Crippen LogP contribution in [0.15, 0.2) is 46.1 Å². The van der Waals surface area contributed by atoms with E-state index < -0.39 is 0 Å². The number of hydrogen-bond donors (Lipinski definition) is 3. The Balaban J connectivity index is 0.00000312. The molecule has 2 rings (SSSR count). The largest absolute Gasteiger partial charge is 0.492 e. The van der Waals surface area contributed by atoms with Gasteiger partial charge < -0.3 is 20.7 Å². The number of benzene rings is 1. The van der Waals surface area contributed by atoms with E-state index in [9.17, 15) is 4.79 Å². The molecule has 0 unspecified atom stereocenters. The van der Waals surface area contributed by atoms with Gasteiger partial charge in [-0.2, -0.15) is 11.3 Å². The van der Waals surface area contributed by atoms with Gasteiger partial charge in [0.1, 0.15) is 12.4 Å². The molecule has 0 aliphatic heterocycles. The minimum Gasteiger partial charge on any atom is -0.492 e. The lowest BCUT2D eigenvalue weighted by Gasteiger charge is -2.12. The van der Waals surface area contributed by atoms with E-state index in [2.05, 4.69) is 37.8 Å². The van der Waals surface area contributed by atoms with E-state index in [0.717, 1.165) is 18.2 Å². The normalized spacial score (nSPS) is 10.6. The van der Waals surface area contributed by atoms with Crippen molar-refractivity contribution in [2.75, 3.05) is 25.5 Å². The molecular formula is C17H23IN4O2S. The second-order valence-electron chi connectivity index (χ2n) is 5.04. The molecule has 6 nitrogen and oxygen atoms in total. The van der Waals surface area contributed by atoms with Gasteiger partial charge in [0.05, 0.1) is 6.54 Å². The van der Waals surface area contributed by atoms with Gasteiger partial charge in [-0.15, -0.1) is 24.0 Å². The van der Waals surface area contributed by atoms with Crippen LogP contribution in [0.1, 0.15) is 12.5 Å². The molecule has 0 saturated carbocycles. The Morgan fingerprint density at radius 2 is 2.12 bits per heavy atom. The summed E-state index contributed by atoms with van der Waals surface area (Å²) in [5, 5.41) is 13.3. The highest BCUT2D eigenvalue weighted by Crippen LogP contribution is 2.16. The fourth-order valence-corrected chi connectivity index (χ4v) is 2.67.